The molecule has 2 aromatic carbocycles. The predicted octanol–water partition coefficient (Wildman–Crippen LogP) is 7.93. The average molecular weight is 502 g/mol. The number of aromatic carboxylic acids is 1. The maximum absolute atomic E-state index is 13.0. The van der Waals surface area contributed by atoms with Crippen LogP contribution in [-0.4, -0.2) is 17.7 Å². The molecule has 1 unspecified atom stereocenters. The number of hydrogen-bond donors (Lipinski definition) is 2. The number of carboxylic acid groups (broad SMARTS) is 1. The summed E-state index contributed by atoms with van der Waals surface area (Å²) in [6.45, 7) is 2.63. The van der Waals surface area contributed by atoms with Crippen LogP contribution < -0.4 is 5.32 Å². The van der Waals surface area contributed by atoms with Crippen LogP contribution >= 0.6 is 0 Å². The highest BCUT2D eigenvalue weighted by molar-refractivity contribution is 5.88. The third-order valence-corrected chi connectivity index (χ3v) is 6.69. The van der Waals surface area contributed by atoms with Crippen molar-refractivity contribution in [3.05, 3.63) is 77.0 Å². The molecule has 2 N–H and O–H groups in total. The van der Waals surface area contributed by atoms with Gasteiger partial charge in [-0.05, 0) is 68.1 Å². The second kappa shape index (κ2) is 11.2. The Hall–Kier alpha value is -3.26. The molecule has 0 amide bonds. The van der Waals surface area contributed by atoms with Gasteiger partial charge in [0.25, 0.3) is 0 Å². The van der Waals surface area contributed by atoms with E-state index in [2.05, 4.69) is 5.32 Å². The predicted molar refractivity (Wildman–Crippen MR) is 131 cm³/mol. The topological polar surface area (TPSA) is 71.7 Å². The van der Waals surface area contributed by atoms with Crippen LogP contribution in [0, 0.1) is 5.92 Å². The van der Waals surface area contributed by atoms with Crippen LogP contribution in [0.3, 0.4) is 0 Å². The van der Waals surface area contributed by atoms with E-state index >= 15 is 0 Å². The molecule has 1 saturated carbocycles. The molecule has 4 rings (SSSR count). The molecular weight excluding hydrogens is 471 g/mol. The van der Waals surface area contributed by atoms with Crippen molar-refractivity contribution in [2.24, 2.45) is 5.92 Å². The minimum absolute atomic E-state index is 0.122. The second-order valence-corrected chi connectivity index (χ2v) is 9.10. The highest BCUT2D eigenvalue weighted by atomic mass is 19.4. The lowest BCUT2D eigenvalue weighted by Crippen LogP contribution is -2.24. The van der Waals surface area contributed by atoms with Gasteiger partial charge >= 0.3 is 12.1 Å². The number of carboxylic acids is 1. The summed E-state index contributed by atoms with van der Waals surface area (Å²) in [6, 6.07) is 13.3. The fourth-order valence-electron chi connectivity index (χ4n) is 4.78. The average Bonchev–Trinajstić information content (AvgIpc) is 3.30. The fourth-order valence-corrected chi connectivity index (χ4v) is 4.78. The van der Waals surface area contributed by atoms with Crippen LogP contribution in [0.15, 0.2) is 59.0 Å². The molecule has 36 heavy (non-hydrogen) atoms. The quantitative estimate of drug-likeness (QED) is 0.311. The van der Waals surface area contributed by atoms with Gasteiger partial charge in [-0.25, -0.2) is 4.79 Å². The summed E-state index contributed by atoms with van der Waals surface area (Å²) in [4.78, 5) is 11.3. The molecule has 1 fully saturated rings. The number of furan rings is 1. The molecule has 1 aromatic heterocycles. The standard InChI is InChI=1S/C28H30F3NO4/c1-2-35-17-25-23(16-24(36-25)18-8-12-21(13-9-18)28(29,30)31)26(19-6-4-3-5-7-19)32-22-14-10-20(11-15-22)27(33)34/h8-16,19,26,32H,2-7,17H2,1H3,(H,33,34). The molecule has 192 valence electrons. The number of anilines is 1. The van der Waals surface area contributed by atoms with Crippen LogP contribution in [-0.2, 0) is 17.5 Å². The minimum atomic E-state index is -4.40. The Morgan fingerprint density at radius 1 is 1.08 bits per heavy atom. The van der Waals surface area contributed by atoms with Crippen molar-refractivity contribution >= 4 is 11.7 Å². The van der Waals surface area contributed by atoms with E-state index in [9.17, 15) is 23.1 Å². The van der Waals surface area contributed by atoms with Gasteiger partial charge in [-0.2, -0.15) is 13.2 Å². The van der Waals surface area contributed by atoms with Gasteiger partial charge in [-0.1, -0.05) is 31.4 Å². The summed E-state index contributed by atoms with van der Waals surface area (Å²) in [6.07, 6.45) is 1.07. The molecule has 3 aromatic rings. The molecule has 0 aliphatic heterocycles. The summed E-state index contributed by atoms with van der Waals surface area (Å²) < 4.78 is 50.9. The van der Waals surface area contributed by atoms with Crippen molar-refractivity contribution in [1.29, 1.82) is 0 Å². The minimum Gasteiger partial charge on any atom is -0.478 e. The third-order valence-electron chi connectivity index (χ3n) is 6.69. The highest BCUT2D eigenvalue weighted by Crippen LogP contribution is 2.41. The van der Waals surface area contributed by atoms with E-state index in [0.29, 0.717) is 29.6 Å². The normalized spacial score (nSPS) is 15.6. The van der Waals surface area contributed by atoms with Crippen molar-refractivity contribution in [3.63, 3.8) is 0 Å². The summed E-state index contributed by atoms with van der Waals surface area (Å²) in [5, 5.41) is 12.8. The van der Waals surface area contributed by atoms with Gasteiger partial charge in [-0.15, -0.1) is 0 Å². The number of alkyl halides is 3. The molecule has 0 saturated heterocycles. The first-order valence-corrected chi connectivity index (χ1v) is 12.2. The summed E-state index contributed by atoms with van der Waals surface area (Å²) >= 11 is 0. The van der Waals surface area contributed by atoms with E-state index in [4.69, 9.17) is 9.15 Å². The maximum atomic E-state index is 13.0. The third kappa shape index (κ3) is 6.10. The van der Waals surface area contributed by atoms with Gasteiger partial charge in [0.15, 0.2) is 0 Å². The van der Waals surface area contributed by atoms with Crippen LogP contribution in [0.25, 0.3) is 11.3 Å². The molecule has 0 spiro atoms. The Morgan fingerprint density at radius 2 is 1.75 bits per heavy atom. The molecule has 0 bridgehead atoms. The largest absolute Gasteiger partial charge is 0.478 e. The lowest BCUT2D eigenvalue weighted by molar-refractivity contribution is -0.137. The van der Waals surface area contributed by atoms with Gasteiger partial charge in [-0.3, -0.25) is 0 Å². The maximum Gasteiger partial charge on any atom is 0.416 e. The Balaban J connectivity index is 1.70. The zero-order valence-corrected chi connectivity index (χ0v) is 20.1. The number of rotatable bonds is 9. The molecular formula is C28H30F3NO4. The van der Waals surface area contributed by atoms with Crippen LogP contribution in [0.4, 0.5) is 18.9 Å². The zero-order valence-electron chi connectivity index (χ0n) is 20.1. The first kappa shape index (κ1) is 25.8. The Kier molecular flexibility index (Phi) is 8.04. The van der Waals surface area contributed by atoms with Gasteiger partial charge < -0.3 is 19.6 Å². The van der Waals surface area contributed by atoms with Crippen molar-refractivity contribution in [3.8, 4) is 11.3 Å². The number of carbonyl (C=O) groups is 1. The van der Waals surface area contributed by atoms with Gasteiger partial charge in [0.2, 0.25) is 0 Å². The van der Waals surface area contributed by atoms with E-state index in [1.165, 1.54) is 18.6 Å². The van der Waals surface area contributed by atoms with E-state index < -0.39 is 17.7 Å². The zero-order chi connectivity index (χ0) is 25.7. The Morgan fingerprint density at radius 3 is 2.33 bits per heavy atom. The van der Waals surface area contributed by atoms with E-state index in [-0.39, 0.29) is 18.2 Å². The first-order valence-electron chi connectivity index (χ1n) is 12.2. The molecule has 1 aliphatic rings. The van der Waals surface area contributed by atoms with E-state index in [1.807, 2.05) is 13.0 Å². The monoisotopic (exact) mass is 501 g/mol. The SMILES string of the molecule is CCOCc1oc(-c2ccc(C(F)(F)F)cc2)cc1C(Nc1ccc(C(=O)O)cc1)C1CCCCC1. The Labute approximate surface area is 208 Å². The number of hydrogen-bond acceptors (Lipinski definition) is 4. The van der Waals surface area contributed by atoms with Crippen molar-refractivity contribution in [2.75, 3.05) is 11.9 Å². The number of ether oxygens (including phenoxy) is 1. The summed E-state index contributed by atoms with van der Waals surface area (Å²) in [5.74, 6) is 0.450. The van der Waals surface area contributed by atoms with E-state index in [1.54, 1.807) is 24.3 Å². The molecule has 1 heterocycles. The molecule has 1 aliphatic carbocycles. The van der Waals surface area contributed by atoms with Crippen LogP contribution in [0.2, 0.25) is 0 Å². The Bertz CT molecular complexity index is 1150. The number of halogens is 3. The van der Waals surface area contributed by atoms with Crippen molar-refractivity contribution in [1.82, 2.24) is 0 Å². The fraction of sp³-hybridized carbons (Fsp3) is 0.393. The first-order chi connectivity index (χ1) is 17.3. The molecule has 8 heteroatoms. The lowest BCUT2D eigenvalue weighted by Gasteiger charge is -2.32. The van der Waals surface area contributed by atoms with Crippen molar-refractivity contribution < 1.29 is 32.2 Å². The van der Waals surface area contributed by atoms with Crippen molar-refractivity contribution in [2.45, 2.75) is 57.9 Å². The summed E-state index contributed by atoms with van der Waals surface area (Å²) in [5.41, 5.74) is 1.75. The molecule has 1 atom stereocenters. The molecule has 5 nitrogen and oxygen atoms in total. The van der Waals surface area contributed by atoms with Crippen LogP contribution in [0.5, 0.6) is 0 Å². The second-order valence-electron chi connectivity index (χ2n) is 9.10. The number of benzene rings is 2. The van der Waals surface area contributed by atoms with Gasteiger partial charge in [0, 0.05) is 23.4 Å². The highest BCUT2D eigenvalue weighted by Gasteiger charge is 2.31. The lowest BCUT2D eigenvalue weighted by atomic mass is 9.81. The molecule has 0 radical (unpaired) electrons. The van der Waals surface area contributed by atoms with Gasteiger partial charge in [0.1, 0.15) is 18.1 Å². The number of nitrogens with one attached hydrogen (secondary N) is 1. The van der Waals surface area contributed by atoms with Crippen LogP contribution in [0.1, 0.15) is 72.3 Å². The van der Waals surface area contributed by atoms with E-state index in [0.717, 1.165) is 49.1 Å². The smallest absolute Gasteiger partial charge is 0.416 e. The van der Waals surface area contributed by atoms with Gasteiger partial charge in [0.05, 0.1) is 17.2 Å². The summed E-state index contributed by atoms with van der Waals surface area (Å²) in [7, 11) is 0.